The number of halogens is 1. The predicted octanol–water partition coefficient (Wildman–Crippen LogP) is 2.66. The SMILES string of the molecule is COc1ccc(NS(=O)(=O)CCOc2ccc(F)cc2)c(OC)c1. The van der Waals surface area contributed by atoms with Crippen LogP contribution in [0.4, 0.5) is 10.1 Å². The van der Waals surface area contributed by atoms with Crippen molar-refractivity contribution in [1.82, 2.24) is 0 Å². The summed E-state index contributed by atoms with van der Waals surface area (Å²) in [5, 5.41) is 0. The summed E-state index contributed by atoms with van der Waals surface area (Å²) in [5.41, 5.74) is 0.306. The van der Waals surface area contributed by atoms with E-state index in [1.165, 1.54) is 38.5 Å². The van der Waals surface area contributed by atoms with Crippen molar-refractivity contribution in [3.8, 4) is 17.2 Å². The fourth-order valence-electron chi connectivity index (χ4n) is 1.90. The van der Waals surface area contributed by atoms with Crippen LogP contribution in [0.15, 0.2) is 42.5 Å². The average molecular weight is 355 g/mol. The maximum atomic E-state index is 12.8. The summed E-state index contributed by atoms with van der Waals surface area (Å²) in [7, 11) is -0.695. The molecule has 1 N–H and O–H groups in total. The highest BCUT2D eigenvalue weighted by Crippen LogP contribution is 2.29. The van der Waals surface area contributed by atoms with Crippen LogP contribution in [0, 0.1) is 5.82 Å². The summed E-state index contributed by atoms with van der Waals surface area (Å²) in [6.07, 6.45) is 0. The van der Waals surface area contributed by atoms with Gasteiger partial charge in [-0.05, 0) is 36.4 Å². The Morgan fingerprint density at radius 2 is 1.67 bits per heavy atom. The Balaban J connectivity index is 1.97. The first-order chi connectivity index (χ1) is 11.4. The molecule has 0 aliphatic carbocycles. The van der Waals surface area contributed by atoms with Crippen molar-refractivity contribution < 1.29 is 27.0 Å². The number of hydrogen-bond acceptors (Lipinski definition) is 5. The van der Waals surface area contributed by atoms with Gasteiger partial charge in [0, 0.05) is 6.07 Å². The molecule has 2 aromatic carbocycles. The molecule has 8 heteroatoms. The standard InChI is InChI=1S/C16H18FNO5S/c1-21-14-7-8-15(16(11-14)22-2)18-24(19,20)10-9-23-13-5-3-12(17)4-6-13/h3-8,11,18H,9-10H2,1-2H3. The summed E-state index contributed by atoms with van der Waals surface area (Å²) in [6, 6.07) is 10.1. The number of nitrogens with one attached hydrogen (secondary N) is 1. The quantitative estimate of drug-likeness (QED) is 0.788. The fourth-order valence-corrected chi connectivity index (χ4v) is 2.81. The highest BCUT2D eigenvalue weighted by molar-refractivity contribution is 7.92. The molecule has 0 atom stereocenters. The first kappa shape index (κ1) is 17.9. The van der Waals surface area contributed by atoms with E-state index < -0.39 is 10.0 Å². The summed E-state index contributed by atoms with van der Waals surface area (Å²) >= 11 is 0. The molecule has 0 saturated carbocycles. The number of sulfonamides is 1. The fraction of sp³-hybridized carbons (Fsp3) is 0.250. The van der Waals surface area contributed by atoms with Gasteiger partial charge in [0.1, 0.15) is 35.4 Å². The minimum Gasteiger partial charge on any atom is -0.497 e. The summed E-state index contributed by atoms with van der Waals surface area (Å²) in [6.45, 7) is -0.0700. The minimum absolute atomic E-state index is 0.0700. The normalized spacial score (nSPS) is 11.0. The van der Waals surface area contributed by atoms with Crippen molar-refractivity contribution in [3.63, 3.8) is 0 Å². The molecule has 2 aromatic rings. The van der Waals surface area contributed by atoms with Gasteiger partial charge in [0.05, 0.1) is 19.9 Å². The Kier molecular flexibility index (Phi) is 5.86. The monoisotopic (exact) mass is 355 g/mol. The zero-order chi connectivity index (χ0) is 17.6. The van der Waals surface area contributed by atoms with E-state index in [9.17, 15) is 12.8 Å². The molecular weight excluding hydrogens is 337 g/mol. The Labute approximate surface area is 140 Å². The molecule has 0 aliphatic heterocycles. The third-order valence-corrected chi connectivity index (χ3v) is 4.34. The summed E-state index contributed by atoms with van der Waals surface area (Å²) < 4.78 is 55.0. The molecule has 24 heavy (non-hydrogen) atoms. The molecule has 130 valence electrons. The molecule has 0 aliphatic rings. The lowest BCUT2D eigenvalue weighted by molar-refractivity contribution is 0.340. The number of benzene rings is 2. The summed E-state index contributed by atoms with van der Waals surface area (Å²) in [4.78, 5) is 0. The molecule has 0 aromatic heterocycles. The second-order valence-corrected chi connectivity index (χ2v) is 6.63. The third-order valence-electron chi connectivity index (χ3n) is 3.11. The van der Waals surface area contributed by atoms with Gasteiger partial charge in [-0.15, -0.1) is 0 Å². The van der Waals surface area contributed by atoms with E-state index in [-0.39, 0.29) is 18.2 Å². The topological polar surface area (TPSA) is 73.9 Å². The minimum atomic E-state index is -3.64. The maximum absolute atomic E-state index is 12.8. The lowest BCUT2D eigenvalue weighted by atomic mass is 10.3. The highest BCUT2D eigenvalue weighted by atomic mass is 32.2. The van der Waals surface area contributed by atoms with Crippen molar-refractivity contribution in [2.75, 3.05) is 31.3 Å². The van der Waals surface area contributed by atoms with Gasteiger partial charge in [0.15, 0.2) is 0 Å². The molecule has 0 unspecified atom stereocenters. The smallest absolute Gasteiger partial charge is 0.236 e. The average Bonchev–Trinajstić information content (AvgIpc) is 2.56. The van der Waals surface area contributed by atoms with Gasteiger partial charge in [0.25, 0.3) is 0 Å². The number of anilines is 1. The Morgan fingerprint density at radius 1 is 1.00 bits per heavy atom. The van der Waals surface area contributed by atoms with Crippen molar-refractivity contribution in [3.05, 3.63) is 48.3 Å². The van der Waals surface area contributed by atoms with Crippen molar-refractivity contribution in [2.24, 2.45) is 0 Å². The molecule has 0 fully saturated rings. The van der Waals surface area contributed by atoms with Gasteiger partial charge in [0.2, 0.25) is 10.0 Å². The third kappa shape index (κ3) is 5.02. The lowest BCUT2D eigenvalue weighted by Gasteiger charge is -2.13. The molecule has 0 radical (unpaired) electrons. The van der Waals surface area contributed by atoms with E-state index in [1.807, 2.05) is 0 Å². The predicted molar refractivity (Wildman–Crippen MR) is 88.9 cm³/mol. The van der Waals surface area contributed by atoms with Gasteiger partial charge in [-0.25, -0.2) is 12.8 Å². The largest absolute Gasteiger partial charge is 0.497 e. The molecule has 0 heterocycles. The van der Waals surface area contributed by atoms with Crippen LogP contribution < -0.4 is 18.9 Å². The van der Waals surface area contributed by atoms with Crippen LogP contribution in [-0.2, 0) is 10.0 Å². The second-order valence-electron chi connectivity index (χ2n) is 4.79. The van der Waals surface area contributed by atoms with Crippen LogP contribution >= 0.6 is 0 Å². The zero-order valence-electron chi connectivity index (χ0n) is 13.3. The first-order valence-electron chi connectivity index (χ1n) is 7.04. The van der Waals surface area contributed by atoms with Gasteiger partial charge in [-0.1, -0.05) is 0 Å². The Bertz CT molecular complexity index is 778. The van der Waals surface area contributed by atoms with E-state index in [2.05, 4.69) is 4.72 Å². The number of hydrogen-bond donors (Lipinski definition) is 1. The van der Waals surface area contributed by atoms with Gasteiger partial charge in [-0.2, -0.15) is 0 Å². The van der Waals surface area contributed by atoms with Crippen LogP contribution in [0.25, 0.3) is 0 Å². The van der Waals surface area contributed by atoms with Crippen molar-refractivity contribution in [2.45, 2.75) is 0 Å². The summed E-state index contributed by atoms with van der Waals surface area (Å²) in [5.74, 6) is 0.642. The number of rotatable bonds is 8. The van der Waals surface area contributed by atoms with Crippen LogP contribution in [0.1, 0.15) is 0 Å². The molecule has 6 nitrogen and oxygen atoms in total. The number of ether oxygens (including phenoxy) is 3. The van der Waals surface area contributed by atoms with Gasteiger partial charge in [-0.3, -0.25) is 4.72 Å². The zero-order valence-corrected chi connectivity index (χ0v) is 14.1. The molecular formula is C16H18FNO5S. The van der Waals surface area contributed by atoms with Crippen LogP contribution in [0.2, 0.25) is 0 Å². The van der Waals surface area contributed by atoms with Gasteiger partial charge >= 0.3 is 0 Å². The van der Waals surface area contributed by atoms with E-state index in [1.54, 1.807) is 18.2 Å². The van der Waals surface area contributed by atoms with E-state index in [0.717, 1.165) is 0 Å². The molecule has 0 saturated heterocycles. The number of methoxy groups -OCH3 is 2. The van der Waals surface area contributed by atoms with Crippen molar-refractivity contribution >= 4 is 15.7 Å². The molecule has 2 rings (SSSR count). The Hall–Kier alpha value is -2.48. The highest BCUT2D eigenvalue weighted by Gasteiger charge is 2.14. The van der Waals surface area contributed by atoms with Crippen LogP contribution in [0.3, 0.4) is 0 Å². The molecule has 0 amide bonds. The second kappa shape index (κ2) is 7.87. The first-order valence-corrected chi connectivity index (χ1v) is 8.69. The lowest BCUT2D eigenvalue weighted by Crippen LogP contribution is -2.21. The van der Waals surface area contributed by atoms with Crippen molar-refractivity contribution in [1.29, 1.82) is 0 Å². The van der Waals surface area contributed by atoms with Gasteiger partial charge < -0.3 is 14.2 Å². The maximum Gasteiger partial charge on any atom is 0.236 e. The molecule has 0 bridgehead atoms. The Morgan fingerprint density at radius 3 is 2.29 bits per heavy atom. The van der Waals surface area contributed by atoms with E-state index in [4.69, 9.17) is 14.2 Å². The van der Waals surface area contributed by atoms with E-state index >= 15 is 0 Å². The van der Waals surface area contributed by atoms with Crippen LogP contribution in [-0.4, -0.2) is 35.0 Å². The van der Waals surface area contributed by atoms with E-state index in [0.29, 0.717) is 22.9 Å². The molecule has 0 spiro atoms. The van der Waals surface area contributed by atoms with Crippen LogP contribution in [0.5, 0.6) is 17.2 Å².